The maximum absolute atomic E-state index is 11.0. The Morgan fingerprint density at radius 1 is 1.00 bits per heavy atom. The normalized spacial score (nSPS) is 10.1. The molecule has 0 bridgehead atoms. The first-order valence-corrected chi connectivity index (χ1v) is 6.09. The molecule has 108 valence electrons. The van der Waals surface area contributed by atoms with Gasteiger partial charge in [0, 0.05) is 12.1 Å². The van der Waals surface area contributed by atoms with Crippen molar-refractivity contribution >= 4 is 11.4 Å². The standard InChI is InChI=1S/C14H12N2O5/c1-10-6-7-14(13(8-10)16(19)20)21-9-11-4-2-3-5-12(11)15(17)18/h2-8H,9H2,1H3. The van der Waals surface area contributed by atoms with Gasteiger partial charge in [-0.05, 0) is 24.6 Å². The van der Waals surface area contributed by atoms with Crippen molar-refractivity contribution < 1.29 is 14.6 Å². The molecule has 0 heterocycles. The summed E-state index contributed by atoms with van der Waals surface area (Å²) in [6.07, 6.45) is 0. The van der Waals surface area contributed by atoms with Crippen molar-refractivity contribution in [2.45, 2.75) is 13.5 Å². The van der Waals surface area contributed by atoms with Crippen molar-refractivity contribution in [2.75, 3.05) is 0 Å². The molecule has 0 unspecified atom stereocenters. The van der Waals surface area contributed by atoms with Crippen molar-refractivity contribution in [2.24, 2.45) is 0 Å². The quantitative estimate of drug-likeness (QED) is 0.620. The summed E-state index contributed by atoms with van der Waals surface area (Å²) >= 11 is 0. The largest absolute Gasteiger partial charge is 0.482 e. The molecule has 0 fully saturated rings. The highest BCUT2D eigenvalue weighted by Gasteiger charge is 2.17. The molecular weight excluding hydrogens is 276 g/mol. The van der Waals surface area contributed by atoms with E-state index in [2.05, 4.69) is 0 Å². The van der Waals surface area contributed by atoms with E-state index in [-0.39, 0.29) is 23.7 Å². The third-order valence-electron chi connectivity index (χ3n) is 2.88. The summed E-state index contributed by atoms with van der Waals surface area (Å²) in [7, 11) is 0. The number of nitro groups is 2. The smallest absolute Gasteiger partial charge is 0.311 e. The van der Waals surface area contributed by atoms with Crippen LogP contribution in [0.3, 0.4) is 0 Å². The molecule has 0 N–H and O–H groups in total. The average Bonchev–Trinajstić information content (AvgIpc) is 2.46. The fourth-order valence-corrected chi connectivity index (χ4v) is 1.86. The average molecular weight is 288 g/mol. The summed E-state index contributed by atoms with van der Waals surface area (Å²) < 4.78 is 5.38. The fourth-order valence-electron chi connectivity index (χ4n) is 1.86. The third kappa shape index (κ3) is 3.33. The van der Waals surface area contributed by atoms with Crippen LogP contribution in [0.25, 0.3) is 0 Å². The number of ether oxygens (including phenoxy) is 1. The van der Waals surface area contributed by atoms with Crippen LogP contribution in [0.15, 0.2) is 42.5 Å². The van der Waals surface area contributed by atoms with Crippen molar-refractivity contribution in [1.82, 2.24) is 0 Å². The summed E-state index contributed by atoms with van der Waals surface area (Å²) in [6.45, 7) is 1.62. The van der Waals surface area contributed by atoms with E-state index in [0.29, 0.717) is 5.56 Å². The molecular formula is C14H12N2O5. The minimum atomic E-state index is -0.540. The van der Waals surface area contributed by atoms with E-state index in [1.807, 2.05) is 0 Å². The second-order valence-electron chi connectivity index (χ2n) is 4.40. The number of aryl methyl sites for hydroxylation is 1. The Bertz CT molecular complexity index is 700. The number of benzene rings is 2. The van der Waals surface area contributed by atoms with Gasteiger partial charge in [0.1, 0.15) is 6.61 Å². The molecule has 0 aliphatic carbocycles. The highest BCUT2D eigenvalue weighted by molar-refractivity contribution is 5.49. The molecule has 21 heavy (non-hydrogen) atoms. The van der Waals surface area contributed by atoms with E-state index in [4.69, 9.17) is 4.74 Å². The minimum Gasteiger partial charge on any atom is -0.482 e. The number of nitrogens with zero attached hydrogens (tertiary/aromatic N) is 2. The maximum Gasteiger partial charge on any atom is 0.311 e. The molecule has 2 aromatic rings. The zero-order chi connectivity index (χ0) is 15.4. The van der Waals surface area contributed by atoms with Gasteiger partial charge in [0.25, 0.3) is 5.69 Å². The minimum absolute atomic E-state index is 0.0766. The summed E-state index contributed by atoms with van der Waals surface area (Å²) in [6, 6.07) is 10.7. The Hall–Kier alpha value is -2.96. The molecule has 7 heteroatoms. The van der Waals surface area contributed by atoms with Gasteiger partial charge in [0.15, 0.2) is 5.75 Å². The number of hydrogen-bond acceptors (Lipinski definition) is 5. The highest BCUT2D eigenvalue weighted by Crippen LogP contribution is 2.29. The van der Waals surface area contributed by atoms with Gasteiger partial charge in [-0.3, -0.25) is 20.2 Å². The molecule has 7 nitrogen and oxygen atoms in total. The van der Waals surface area contributed by atoms with Gasteiger partial charge in [-0.1, -0.05) is 18.2 Å². The van der Waals surface area contributed by atoms with Gasteiger partial charge in [0.05, 0.1) is 15.4 Å². The number of rotatable bonds is 5. The van der Waals surface area contributed by atoms with Crippen LogP contribution < -0.4 is 4.74 Å². The van der Waals surface area contributed by atoms with E-state index in [1.165, 1.54) is 18.2 Å². The molecule has 0 saturated heterocycles. The van der Waals surface area contributed by atoms with E-state index in [1.54, 1.807) is 31.2 Å². The van der Waals surface area contributed by atoms with E-state index in [9.17, 15) is 20.2 Å². The predicted octanol–water partition coefficient (Wildman–Crippen LogP) is 3.39. The van der Waals surface area contributed by atoms with Crippen LogP contribution in [-0.4, -0.2) is 9.85 Å². The summed E-state index contributed by atoms with van der Waals surface area (Å²) in [5.74, 6) is 0.0868. The summed E-state index contributed by atoms with van der Waals surface area (Å²) in [5, 5.41) is 21.9. The maximum atomic E-state index is 11.0. The predicted molar refractivity (Wildman–Crippen MR) is 75.3 cm³/mol. The Kier molecular flexibility index (Phi) is 4.13. The van der Waals surface area contributed by atoms with E-state index < -0.39 is 9.85 Å². The van der Waals surface area contributed by atoms with Crippen molar-refractivity contribution in [1.29, 1.82) is 0 Å². The lowest BCUT2D eigenvalue weighted by molar-refractivity contribution is -0.387. The summed E-state index contributed by atoms with van der Waals surface area (Å²) in [5.41, 5.74) is 0.859. The first-order valence-electron chi connectivity index (χ1n) is 6.09. The Morgan fingerprint density at radius 2 is 1.67 bits per heavy atom. The second-order valence-corrected chi connectivity index (χ2v) is 4.40. The number of para-hydroxylation sites is 1. The van der Waals surface area contributed by atoms with Gasteiger partial charge in [0.2, 0.25) is 0 Å². The van der Waals surface area contributed by atoms with Crippen molar-refractivity contribution in [3.8, 4) is 5.75 Å². The lowest BCUT2D eigenvalue weighted by Gasteiger charge is -2.07. The van der Waals surface area contributed by atoms with Gasteiger partial charge in [-0.25, -0.2) is 0 Å². The van der Waals surface area contributed by atoms with Crippen LogP contribution in [0.5, 0.6) is 5.75 Å². The molecule has 0 spiro atoms. The molecule has 0 radical (unpaired) electrons. The zero-order valence-corrected chi connectivity index (χ0v) is 11.2. The van der Waals surface area contributed by atoms with Crippen LogP contribution >= 0.6 is 0 Å². The first-order chi connectivity index (χ1) is 9.99. The second kappa shape index (κ2) is 6.00. The van der Waals surface area contributed by atoms with Crippen LogP contribution in [0.2, 0.25) is 0 Å². The Balaban J connectivity index is 2.25. The molecule has 0 aliphatic heterocycles. The SMILES string of the molecule is Cc1ccc(OCc2ccccc2[N+](=O)[O-])c([N+](=O)[O-])c1. The van der Waals surface area contributed by atoms with Crippen LogP contribution in [0.1, 0.15) is 11.1 Å². The van der Waals surface area contributed by atoms with Gasteiger partial charge >= 0.3 is 5.69 Å². The number of hydrogen-bond donors (Lipinski definition) is 0. The van der Waals surface area contributed by atoms with E-state index >= 15 is 0 Å². The van der Waals surface area contributed by atoms with Gasteiger partial charge < -0.3 is 4.74 Å². The lowest BCUT2D eigenvalue weighted by Crippen LogP contribution is -2.02. The van der Waals surface area contributed by atoms with Crippen LogP contribution in [0.4, 0.5) is 11.4 Å². The van der Waals surface area contributed by atoms with Crippen molar-refractivity contribution in [3.05, 3.63) is 73.8 Å². The topological polar surface area (TPSA) is 95.5 Å². The molecule has 0 aliphatic rings. The molecule has 0 saturated carbocycles. The monoisotopic (exact) mass is 288 g/mol. The fraction of sp³-hybridized carbons (Fsp3) is 0.143. The van der Waals surface area contributed by atoms with Crippen LogP contribution in [-0.2, 0) is 6.61 Å². The molecule has 2 aromatic carbocycles. The van der Waals surface area contributed by atoms with Crippen molar-refractivity contribution in [3.63, 3.8) is 0 Å². The molecule has 0 aromatic heterocycles. The van der Waals surface area contributed by atoms with Crippen LogP contribution in [0, 0.1) is 27.2 Å². The number of nitro benzene ring substituents is 2. The molecule has 2 rings (SSSR count). The zero-order valence-electron chi connectivity index (χ0n) is 11.2. The Morgan fingerprint density at radius 3 is 2.33 bits per heavy atom. The Labute approximate surface area is 120 Å². The molecule has 0 atom stereocenters. The summed E-state index contributed by atoms with van der Waals surface area (Å²) in [4.78, 5) is 20.8. The highest BCUT2D eigenvalue weighted by atomic mass is 16.6. The molecule has 0 amide bonds. The van der Waals surface area contributed by atoms with E-state index in [0.717, 1.165) is 5.56 Å². The van der Waals surface area contributed by atoms with Gasteiger partial charge in [-0.2, -0.15) is 0 Å². The first kappa shape index (κ1) is 14.4. The van der Waals surface area contributed by atoms with Gasteiger partial charge in [-0.15, -0.1) is 0 Å². The lowest BCUT2D eigenvalue weighted by atomic mass is 10.2. The third-order valence-corrected chi connectivity index (χ3v) is 2.88.